The second-order valence-corrected chi connectivity index (χ2v) is 4.80. The minimum atomic E-state index is 0.634. The van der Waals surface area contributed by atoms with Crippen molar-refractivity contribution in [2.24, 2.45) is 11.7 Å². The third kappa shape index (κ3) is 5.83. The molecule has 1 saturated carbocycles. The van der Waals surface area contributed by atoms with E-state index >= 15 is 0 Å². The van der Waals surface area contributed by atoms with Crippen LogP contribution in [0.2, 0.25) is 0 Å². The van der Waals surface area contributed by atoms with Crippen molar-refractivity contribution < 1.29 is 4.74 Å². The lowest BCUT2D eigenvalue weighted by Gasteiger charge is -2.28. The number of likely N-dealkylation sites (N-methyl/N-ethyl adjacent to an activating group) is 1. The Bertz CT molecular complexity index is 158. The molecule has 0 aromatic carbocycles. The van der Waals surface area contributed by atoms with Crippen molar-refractivity contribution in [1.29, 1.82) is 0 Å². The maximum Gasteiger partial charge on any atom is 0.0594 e. The molecule has 1 rings (SSSR count). The third-order valence-corrected chi connectivity index (χ3v) is 3.50. The molecule has 16 heavy (non-hydrogen) atoms. The van der Waals surface area contributed by atoms with Crippen LogP contribution in [0.5, 0.6) is 0 Å². The van der Waals surface area contributed by atoms with Gasteiger partial charge in [0, 0.05) is 19.6 Å². The van der Waals surface area contributed by atoms with Crippen LogP contribution >= 0.6 is 0 Å². The van der Waals surface area contributed by atoms with Crippen molar-refractivity contribution in [3.63, 3.8) is 0 Å². The van der Waals surface area contributed by atoms with E-state index < -0.39 is 0 Å². The van der Waals surface area contributed by atoms with Crippen molar-refractivity contribution in [3.05, 3.63) is 0 Å². The van der Waals surface area contributed by atoms with E-state index in [9.17, 15) is 0 Å². The summed E-state index contributed by atoms with van der Waals surface area (Å²) in [7, 11) is 0. The van der Waals surface area contributed by atoms with Gasteiger partial charge in [-0.2, -0.15) is 0 Å². The molecular formula is C13H28N2O. The summed E-state index contributed by atoms with van der Waals surface area (Å²) in [6, 6.07) is 0. The molecule has 0 radical (unpaired) electrons. The zero-order valence-corrected chi connectivity index (χ0v) is 10.8. The van der Waals surface area contributed by atoms with E-state index in [0.717, 1.165) is 25.6 Å². The Morgan fingerprint density at radius 3 is 2.56 bits per heavy atom. The van der Waals surface area contributed by atoms with Gasteiger partial charge in [-0.05, 0) is 25.3 Å². The van der Waals surface area contributed by atoms with Crippen LogP contribution in [0.15, 0.2) is 0 Å². The van der Waals surface area contributed by atoms with Crippen LogP contribution in [0.1, 0.15) is 39.0 Å². The van der Waals surface area contributed by atoms with Gasteiger partial charge in [0.15, 0.2) is 0 Å². The zero-order valence-electron chi connectivity index (χ0n) is 10.8. The van der Waals surface area contributed by atoms with E-state index in [1.165, 1.54) is 38.6 Å². The van der Waals surface area contributed by atoms with Crippen molar-refractivity contribution >= 4 is 0 Å². The number of rotatable bonds is 8. The Morgan fingerprint density at radius 1 is 1.19 bits per heavy atom. The molecule has 0 saturated heterocycles. The molecule has 0 aromatic heterocycles. The van der Waals surface area contributed by atoms with Gasteiger partial charge in [-0.15, -0.1) is 0 Å². The summed E-state index contributed by atoms with van der Waals surface area (Å²) in [5.74, 6) is 0.934. The quantitative estimate of drug-likeness (QED) is 0.645. The van der Waals surface area contributed by atoms with Gasteiger partial charge >= 0.3 is 0 Å². The third-order valence-electron chi connectivity index (χ3n) is 3.50. The van der Waals surface area contributed by atoms with Gasteiger partial charge in [-0.3, -0.25) is 0 Å². The van der Waals surface area contributed by atoms with Crippen molar-refractivity contribution in [2.75, 3.05) is 39.4 Å². The fourth-order valence-electron chi connectivity index (χ4n) is 2.49. The highest BCUT2D eigenvalue weighted by molar-refractivity contribution is 4.69. The van der Waals surface area contributed by atoms with Gasteiger partial charge in [-0.25, -0.2) is 0 Å². The first kappa shape index (κ1) is 13.9. The minimum absolute atomic E-state index is 0.634. The molecule has 1 aliphatic carbocycles. The summed E-state index contributed by atoms with van der Waals surface area (Å²) in [5.41, 5.74) is 5.39. The van der Waals surface area contributed by atoms with Crippen LogP contribution in [-0.2, 0) is 4.74 Å². The molecule has 0 spiro atoms. The standard InChI is InChI=1S/C13H28N2O/c1-2-15(9-11-16-10-8-14)12-13-6-4-3-5-7-13/h13H,2-12,14H2,1H3. The monoisotopic (exact) mass is 228 g/mol. The molecule has 1 aliphatic rings. The summed E-state index contributed by atoms with van der Waals surface area (Å²) in [6.45, 7) is 7.87. The van der Waals surface area contributed by atoms with E-state index in [-0.39, 0.29) is 0 Å². The molecule has 3 heteroatoms. The van der Waals surface area contributed by atoms with Crippen molar-refractivity contribution in [2.45, 2.75) is 39.0 Å². The molecule has 0 heterocycles. The number of hydrogen-bond donors (Lipinski definition) is 1. The largest absolute Gasteiger partial charge is 0.379 e. The predicted octanol–water partition coefficient (Wildman–Crippen LogP) is 1.86. The number of nitrogens with zero attached hydrogens (tertiary/aromatic N) is 1. The lowest BCUT2D eigenvalue weighted by Crippen LogP contribution is -2.33. The molecular weight excluding hydrogens is 200 g/mol. The summed E-state index contributed by atoms with van der Waals surface area (Å²) in [4.78, 5) is 2.52. The SMILES string of the molecule is CCN(CCOCCN)CC1CCCCC1. The van der Waals surface area contributed by atoms with Crippen LogP contribution in [0.3, 0.4) is 0 Å². The highest BCUT2D eigenvalue weighted by Gasteiger charge is 2.16. The number of ether oxygens (including phenoxy) is 1. The average molecular weight is 228 g/mol. The summed E-state index contributed by atoms with van der Waals surface area (Å²) >= 11 is 0. The van der Waals surface area contributed by atoms with E-state index in [0.29, 0.717) is 13.2 Å². The van der Waals surface area contributed by atoms with E-state index in [4.69, 9.17) is 10.5 Å². The van der Waals surface area contributed by atoms with Crippen LogP contribution in [0.25, 0.3) is 0 Å². The molecule has 3 nitrogen and oxygen atoms in total. The summed E-state index contributed by atoms with van der Waals surface area (Å²) in [6.07, 6.45) is 7.18. The van der Waals surface area contributed by atoms with Crippen LogP contribution in [0, 0.1) is 5.92 Å². The Hall–Kier alpha value is -0.120. The molecule has 0 unspecified atom stereocenters. The first-order valence-corrected chi connectivity index (χ1v) is 6.87. The molecule has 2 N–H and O–H groups in total. The zero-order chi connectivity index (χ0) is 11.6. The fourth-order valence-corrected chi connectivity index (χ4v) is 2.49. The van der Waals surface area contributed by atoms with Gasteiger partial charge in [-0.1, -0.05) is 26.2 Å². The first-order valence-electron chi connectivity index (χ1n) is 6.87. The van der Waals surface area contributed by atoms with Crippen LogP contribution in [0.4, 0.5) is 0 Å². The summed E-state index contributed by atoms with van der Waals surface area (Å²) < 4.78 is 5.44. The average Bonchev–Trinajstić information content (AvgIpc) is 2.34. The van der Waals surface area contributed by atoms with Crippen LogP contribution in [-0.4, -0.2) is 44.3 Å². The van der Waals surface area contributed by atoms with E-state index in [1.807, 2.05) is 0 Å². The maximum atomic E-state index is 5.44. The second kappa shape index (κ2) is 8.97. The van der Waals surface area contributed by atoms with E-state index in [2.05, 4.69) is 11.8 Å². The maximum absolute atomic E-state index is 5.44. The highest BCUT2D eigenvalue weighted by atomic mass is 16.5. The van der Waals surface area contributed by atoms with Crippen molar-refractivity contribution in [3.8, 4) is 0 Å². The van der Waals surface area contributed by atoms with Crippen molar-refractivity contribution in [1.82, 2.24) is 4.90 Å². The van der Waals surface area contributed by atoms with Gasteiger partial charge in [0.1, 0.15) is 0 Å². The lowest BCUT2D eigenvalue weighted by molar-refractivity contribution is 0.101. The normalized spacial score (nSPS) is 18.2. The molecule has 0 bridgehead atoms. The topological polar surface area (TPSA) is 38.5 Å². The van der Waals surface area contributed by atoms with Gasteiger partial charge in [0.2, 0.25) is 0 Å². The Labute approximate surface area is 100 Å². The van der Waals surface area contributed by atoms with Gasteiger partial charge < -0.3 is 15.4 Å². The fraction of sp³-hybridized carbons (Fsp3) is 1.00. The minimum Gasteiger partial charge on any atom is -0.379 e. The first-order chi connectivity index (χ1) is 7.86. The second-order valence-electron chi connectivity index (χ2n) is 4.80. The van der Waals surface area contributed by atoms with E-state index in [1.54, 1.807) is 0 Å². The Kier molecular flexibility index (Phi) is 7.81. The molecule has 1 fully saturated rings. The Morgan fingerprint density at radius 2 is 1.94 bits per heavy atom. The van der Waals surface area contributed by atoms with Gasteiger partial charge in [0.05, 0.1) is 13.2 Å². The predicted molar refractivity (Wildman–Crippen MR) is 68.6 cm³/mol. The number of hydrogen-bond acceptors (Lipinski definition) is 3. The molecule has 96 valence electrons. The molecule has 0 aromatic rings. The lowest BCUT2D eigenvalue weighted by atomic mass is 9.89. The van der Waals surface area contributed by atoms with Crippen LogP contribution < -0.4 is 5.73 Å². The Balaban J connectivity index is 2.09. The molecule has 0 atom stereocenters. The molecule has 0 aliphatic heterocycles. The van der Waals surface area contributed by atoms with Gasteiger partial charge in [0.25, 0.3) is 0 Å². The smallest absolute Gasteiger partial charge is 0.0594 e. The number of nitrogens with two attached hydrogens (primary N) is 1. The highest BCUT2D eigenvalue weighted by Crippen LogP contribution is 2.24. The molecule has 0 amide bonds. The summed E-state index contributed by atoms with van der Waals surface area (Å²) in [5, 5.41) is 0.